The van der Waals surface area contributed by atoms with Gasteiger partial charge in [0.25, 0.3) is 0 Å². The van der Waals surface area contributed by atoms with Crippen LogP contribution >= 0.6 is 0 Å². The minimum Gasteiger partial charge on any atom is -0.458 e. The fourth-order valence-corrected chi connectivity index (χ4v) is 0.661. The van der Waals surface area contributed by atoms with Crippen LogP contribution in [0.2, 0.25) is 0 Å². The standard InChI is InChI=1S/C7H11NO4/c1-4-12-7(9)6(5(2)3)8(10)11/h4H2,1-3H3. The molecule has 0 heterocycles. The molecule has 0 radical (unpaired) electrons. The molecule has 0 atom stereocenters. The number of allylic oxidation sites excluding steroid dienone is 1. The maximum Gasteiger partial charge on any atom is 0.409 e. The van der Waals surface area contributed by atoms with E-state index in [0.717, 1.165) is 0 Å². The molecule has 0 saturated heterocycles. The number of carbonyl (C=O) groups is 1. The fraction of sp³-hybridized carbons (Fsp3) is 0.571. The van der Waals surface area contributed by atoms with Crippen LogP contribution in [0.3, 0.4) is 0 Å². The van der Waals surface area contributed by atoms with Crippen molar-refractivity contribution in [3.63, 3.8) is 0 Å². The first-order valence-corrected chi connectivity index (χ1v) is 3.49. The van der Waals surface area contributed by atoms with Crippen molar-refractivity contribution in [3.05, 3.63) is 21.4 Å². The van der Waals surface area contributed by atoms with Crippen LogP contribution in [0.5, 0.6) is 0 Å². The molecule has 0 rings (SSSR count). The fourth-order valence-electron chi connectivity index (χ4n) is 0.661. The van der Waals surface area contributed by atoms with Gasteiger partial charge in [0.1, 0.15) is 0 Å². The second-order valence-corrected chi connectivity index (χ2v) is 2.33. The Bertz CT molecular complexity index is 228. The van der Waals surface area contributed by atoms with E-state index in [-0.39, 0.29) is 6.61 Å². The highest BCUT2D eigenvalue weighted by Gasteiger charge is 2.24. The van der Waals surface area contributed by atoms with Gasteiger partial charge in [-0.25, -0.2) is 4.79 Å². The molecule has 0 saturated carbocycles. The topological polar surface area (TPSA) is 69.4 Å². The first-order chi connectivity index (χ1) is 5.50. The van der Waals surface area contributed by atoms with Gasteiger partial charge in [-0.1, -0.05) is 0 Å². The highest BCUT2D eigenvalue weighted by atomic mass is 16.6. The van der Waals surface area contributed by atoms with E-state index in [0.29, 0.717) is 5.57 Å². The highest BCUT2D eigenvalue weighted by Crippen LogP contribution is 2.05. The van der Waals surface area contributed by atoms with Crippen molar-refractivity contribution in [1.29, 1.82) is 0 Å². The smallest absolute Gasteiger partial charge is 0.409 e. The third-order valence-electron chi connectivity index (χ3n) is 1.12. The Kier molecular flexibility index (Phi) is 3.96. The lowest BCUT2D eigenvalue weighted by molar-refractivity contribution is -0.422. The lowest BCUT2D eigenvalue weighted by atomic mass is 10.2. The third kappa shape index (κ3) is 2.69. The molecule has 12 heavy (non-hydrogen) atoms. The van der Waals surface area contributed by atoms with Gasteiger partial charge in [-0.15, -0.1) is 0 Å². The molecule has 68 valence electrons. The second-order valence-electron chi connectivity index (χ2n) is 2.33. The van der Waals surface area contributed by atoms with Crippen molar-refractivity contribution < 1.29 is 14.5 Å². The molecule has 0 spiro atoms. The van der Waals surface area contributed by atoms with Gasteiger partial charge in [-0.3, -0.25) is 10.1 Å². The summed E-state index contributed by atoms with van der Waals surface area (Å²) in [4.78, 5) is 20.5. The molecule has 0 aliphatic heterocycles. The molecular formula is C7H11NO4. The lowest BCUT2D eigenvalue weighted by Crippen LogP contribution is -2.15. The van der Waals surface area contributed by atoms with Crippen LogP contribution in [0, 0.1) is 10.1 Å². The van der Waals surface area contributed by atoms with E-state index >= 15 is 0 Å². The number of nitro groups is 1. The van der Waals surface area contributed by atoms with E-state index in [9.17, 15) is 14.9 Å². The molecule has 0 amide bonds. The Morgan fingerprint density at radius 2 is 2.00 bits per heavy atom. The molecule has 0 aromatic rings. The number of esters is 1. The summed E-state index contributed by atoms with van der Waals surface area (Å²) in [5.41, 5.74) is -0.129. The zero-order valence-electron chi connectivity index (χ0n) is 7.29. The third-order valence-corrected chi connectivity index (χ3v) is 1.12. The molecule has 0 aliphatic carbocycles. The molecule has 5 nitrogen and oxygen atoms in total. The summed E-state index contributed by atoms with van der Waals surface area (Å²) in [6.45, 7) is 4.73. The number of hydrogen-bond donors (Lipinski definition) is 0. The van der Waals surface area contributed by atoms with Gasteiger partial charge >= 0.3 is 11.7 Å². The Labute approximate surface area is 70.2 Å². The molecule has 5 heteroatoms. The van der Waals surface area contributed by atoms with Crippen LogP contribution in [-0.2, 0) is 9.53 Å². The van der Waals surface area contributed by atoms with E-state index in [4.69, 9.17) is 0 Å². The van der Waals surface area contributed by atoms with E-state index in [2.05, 4.69) is 4.74 Å². The quantitative estimate of drug-likeness (QED) is 0.277. The molecule has 0 bridgehead atoms. The number of rotatable bonds is 3. The first-order valence-electron chi connectivity index (χ1n) is 3.49. The minimum atomic E-state index is -0.873. The van der Waals surface area contributed by atoms with Gasteiger partial charge in [0, 0.05) is 5.57 Å². The van der Waals surface area contributed by atoms with Crippen LogP contribution in [0.25, 0.3) is 0 Å². The van der Waals surface area contributed by atoms with Crippen molar-refractivity contribution in [3.8, 4) is 0 Å². The molecular weight excluding hydrogens is 162 g/mol. The predicted octanol–water partition coefficient (Wildman–Crippen LogP) is 1.12. The van der Waals surface area contributed by atoms with Gasteiger partial charge in [0.15, 0.2) is 0 Å². The molecule has 0 fully saturated rings. The van der Waals surface area contributed by atoms with Crippen LogP contribution in [0.15, 0.2) is 11.3 Å². The first kappa shape index (κ1) is 10.6. The molecule has 0 aromatic carbocycles. The van der Waals surface area contributed by atoms with Gasteiger partial charge < -0.3 is 4.74 Å². The Morgan fingerprint density at radius 1 is 1.50 bits per heavy atom. The van der Waals surface area contributed by atoms with E-state index < -0.39 is 16.6 Å². The van der Waals surface area contributed by atoms with Crippen LogP contribution in [0.4, 0.5) is 0 Å². The monoisotopic (exact) mass is 173 g/mol. The maximum atomic E-state index is 10.9. The summed E-state index contributed by atoms with van der Waals surface area (Å²) in [6, 6.07) is 0. The average Bonchev–Trinajstić information content (AvgIpc) is 1.85. The zero-order valence-corrected chi connectivity index (χ0v) is 7.29. The van der Waals surface area contributed by atoms with E-state index in [1.807, 2.05) is 0 Å². The number of nitrogens with zero attached hydrogens (tertiary/aromatic N) is 1. The van der Waals surface area contributed by atoms with Crippen molar-refractivity contribution >= 4 is 5.97 Å². The molecule has 0 N–H and O–H groups in total. The minimum absolute atomic E-state index is 0.142. The van der Waals surface area contributed by atoms with Crippen molar-refractivity contribution in [2.75, 3.05) is 6.61 Å². The second kappa shape index (κ2) is 4.48. The summed E-state index contributed by atoms with van der Waals surface area (Å²) in [5.74, 6) is -0.873. The lowest BCUT2D eigenvalue weighted by Gasteiger charge is -1.99. The SMILES string of the molecule is CCOC(=O)C(=C(C)C)[N+](=O)[O-]. The van der Waals surface area contributed by atoms with Crippen molar-refractivity contribution in [2.45, 2.75) is 20.8 Å². The van der Waals surface area contributed by atoms with E-state index in [1.165, 1.54) is 13.8 Å². The van der Waals surface area contributed by atoms with Gasteiger partial charge in [-0.2, -0.15) is 0 Å². The number of hydrogen-bond acceptors (Lipinski definition) is 4. The summed E-state index contributed by atoms with van der Waals surface area (Å²) < 4.78 is 4.49. The normalized spacial score (nSPS) is 8.92. The van der Waals surface area contributed by atoms with Crippen LogP contribution < -0.4 is 0 Å². The van der Waals surface area contributed by atoms with Crippen LogP contribution in [-0.4, -0.2) is 17.5 Å². The van der Waals surface area contributed by atoms with Gasteiger partial charge in [0.05, 0.1) is 11.5 Å². The molecule has 0 aliphatic rings. The highest BCUT2D eigenvalue weighted by molar-refractivity contribution is 5.86. The predicted molar refractivity (Wildman–Crippen MR) is 42.0 cm³/mol. The Morgan fingerprint density at radius 3 is 2.25 bits per heavy atom. The van der Waals surface area contributed by atoms with Crippen molar-refractivity contribution in [2.24, 2.45) is 0 Å². The average molecular weight is 173 g/mol. The summed E-state index contributed by atoms with van der Waals surface area (Å²) >= 11 is 0. The zero-order chi connectivity index (χ0) is 9.72. The Balaban J connectivity index is 4.67. The Hall–Kier alpha value is -1.39. The van der Waals surface area contributed by atoms with Crippen LogP contribution in [0.1, 0.15) is 20.8 Å². The summed E-state index contributed by atoms with van der Waals surface area (Å²) in [5, 5.41) is 10.3. The summed E-state index contributed by atoms with van der Waals surface area (Å²) in [7, 11) is 0. The number of carbonyl (C=O) groups excluding carboxylic acids is 1. The molecule has 0 aromatic heterocycles. The maximum absolute atomic E-state index is 10.9. The van der Waals surface area contributed by atoms with Gasteiger partial charge in [-0.05, 0) is 20.8 Å². The molecule has 0 unspecified atom stereocenters. The number of ether oxygens (including phenoxy) is 1. The summed E-state index contributed by atoms with van der Waals surface area (Å²) in [6.07, 6.45) is 0. The van der Waals surface area contributed by atoms with Crippen molar-refractivity contribution in [1.82, 2.24) is 0 Å². The van der Waals surface area contributed by atoms with E-state index in [1.54, 1.807) is 6.92 Å². The largest absolute Gasteiger partial charge is 0.458 e. The van der Waals surface area contributed by atoms with Gasteiger partial charge in [0.2, 0.25) is 0 Å².